The van der Waals surface area contributed by atoms with E-state index in [4.69, 9.17) is 14.2 Å². The largest absolute Gasteiger partial charge is 0.492 e. The summed E-state index contributed by atoms with van der Waals surface area (Å²) < 4.78 is 15.9. The number of hydrogen-bond acceptors (Lipinski definition) is 12. The van der Waals surface area contributed by atoms with Crippen molar-refractivity contribution >= 4 is 35.0 Å². The lowest BCUT2D eigenvalue weighted by atomic mass is 9.70. The molecular formula is C30H30N2O11. The maximum atomic E-state index is 14.3. The predicted molar refractivity (Wildman–Crippen MR) is 145 cm³/mol. The van der Waals surface area contributed by atoms with Gasteiger partial charge < -0.3 is 24.4 Å². The summed E-state index contributed by atoms with van der Waals surface area (Å²) in [7, 11) is 3.69. The summed E-state index contributed by atoms with van der Waals surface area (Å²) in [6.07, 6.45) is 0.556. The highest BCUT2D eigenvalue weighted by Crippen LogP contribution is 2.50. The lowest BCUT2D eigenvalue weighted by molar-refractivity contribution is -0.212. The number of carbonyl (C=O) groups excluding carboxylic acids is 6. The first-order valence-corrected chi connectivity index (χ1v) is 13.4. The van der Waals surface area contributed by atoms with Gasteiger partial charge in [0.2, 0.25) is 17.3 Å². The number of carbonyl (C=O) groups is 6. The number of allylic oxidation sites excluding steroid dienone is 7. The first kappa shape index (κ1) is 30.0. The van der Waals surface area contributed by atoms with E-state index in [1.807, 2.05) is 0 Å². The SMILES string of the molecule is C/C=C(/C)C(=O)OC[C@H]1C2=C(C=C3C4C5=C(C(=O)C(C)=C(OC)C5=O)[C@H](O)[C@](O)(C(=O)N31)N4C)C(=O)C(C)=C(OC)C2=O. The zero-order valence-electron chi connectivity index (χ0n) is 24.6. The molecule has 3 aliphatic heterocycles. The summed E-state index contributed by atoms with van der Waals surface area (Å²) in [5.74, 6) is -5.41. The van der Waals surface area contributed by atoms with E-state index in [1.165, 1.54) is 54.2 Å². The fourth-order valence-corrected chi connectivity index (χ4v) is 6.31. The van der Waals surface area contributed by atoms with Crippen molar-refractivity contribution in [1.29, 1.82) is 0 Å². The molecule has 1 saturated heterocycles. The Hall–Kier alpha value is -4.46. The smallest absolute Gasteiger partial charge is 0.333 e. The van der Waals surface area contributed by atoms with Crippen LogP contribution >= 0.6 is 0 Å². The fraction of sp³-hybridized carbons (Fsp3) is 0.400. The quantitative estimate of drug-likeness (QED) is 0.242. The van der Waals surface area contributed by atoms with Gasteiger partial charge in [0.25, 0.3) is 5.91 Å². The summed E-state index contributed by atoms with van der Waals surface area (Å²) in [4.78, 5) is 83.4. The van der Waals surface area contributed by atoms with Gasteiger partial charge in [-0.3, -0.25) is 33.8 Å². The van der Waals surface area contributed by atoms with Gasteiger partial charge in [-0.15, -0.1) is 0 Å². The lowest BCUT2D eigenvalue weighted by Crippen LogP contribution is -2.77. The molecule has 1 unspecified atom stereocenters. The minimum atomic E-state index is -2.79. The second kappa shape index (κ2) is 10.1. The number of rotatable bonds is 5. The van der Waals surface area contributed by atoms with Gasteiger partial charge in [-0.05, 0) is 40.8 Å². The van der Waals surface area contributed by atoms with Gasteiger partial charge >= 0.3 is 5.97 Å². The number of ketones is 4. The van der Waals surface area contributed by atoms with Gasteiger partial charge in [-0.1, -0.05) is 6.08 Å². The van der Waals surface area contributed by atoms with Gasteiger partial charge in [0.05, 0.1) is 20.3 Å². The van der Waals surface area contributed by atoms with Crippen LogP contribution in [-0.2, 0) is 43.0 Å². The van der Waals surface area contributed by atoms with Crippen LogP contribution in [0.4, 0.5) is 0 Å². The molecule has 0 aromatic carbocycles. The Bertz CT molecular complexity index is 1650. The van der Waals surface area contributed by atoms with E-state index >= 15 is 0 Å². The molecule has 1 fully saturated rings. The minimum Gasteiger partial charge on any atom is -0.492 e. The Balaban J connectivity index is 1.79. The number of amides is 1. The topological polar surface area (TPSA) is 177 Å². The minimum absolute atomic E-state index is 0.00725. The molecule has 2 aliphatic carbocycles. The molecule has 226 valence electrons. The summed E-state index contributed by atoms with van der Waals surface area (Å²) in [6, 6.07) is -2.84. The molecular weight excluding hydrogens is 564 g/mol. The van der Waals surface area contributed by atoms with Crippen molar-refractivity contribution in [2.24, 2.45) is 0 Å². The number of Topliss-reactive ketones (excluding diaryl/α,β-unsaturated/α-hetero) is 4. The first-order chi connectivity index (χ1) is 20.2. The van der Waals surface area contributed by atoms with Crippen molar-refractivity contribution in [3.63, 3.8) is 0 Å². The molecule has 0 radical (unpaired) electrons. The molecule has 5 rings (SSSR count). The lowest BCUT2D eigenvalue weighted by Gasteiger charge is -2.58. The zero-order chi connectivity index (χ0) is 31.9. The third-order valence-corrected chi connectivity index (χ3v) is 8.75. The van der Waals surface area contributed by atoms with Gasteiger partial charge in [0, 0.05) is 44.7 Å². The van der Waals surface area contributed by atoms with Gasteiger partial charge in [0.1, 0.15) is 18.8 Å². The molecule has 2 N–H and O–H groups in total. The van der Waals surface area contributed by atoms with Gasteiger partial charge in [-0.25, -0.2) is 4.79 Å². The number of piperazine rings is 1. The van der Waals surface area contributed by atoms with Crippen molar-refractivity contribution in [2.45, 2.75) is 51.6 Å². The second-order valence-electron chi connectivity index (χ2n) is 10.8. The average Bonchev–Trinajstić information content (AvgIpc) is 2.98. The maximum Gasteiger partial charge on any atom is 0.333 e. The van der Waals surface area contributed by atoms with Crippen LogP contribution < -0.4 is 0 Å². The molecule has 5 aliphatic rings. The van der Waals surface area contributed by atoms with Crippen LogP contribution in [0.2, 0.25) is 0 Å². The number of fused-ring (bicyclic) bond motifs is 5. The van der Waals surface area contributed by atoms with E-state index in [-0.39, 0.29) is 50.7 Å². The molecule has 0 aromatic rings. The fourth-order valence-electron chi connectivity index (χ4n) is 6.31. The van der Waals surface area contributed by atoms with Crippen LogP contribution in [0.5, 0.6) is 0 Å². The molecule has 3 heterocycles. The molecule has 13 heteroatoms. The highest BCUT2D eigenvalue weighted by Gasteiger charge is 2.67. The molecule has 0 saturated carbocycles. The van der Waals surface area contributed by atoms with Crippen LogP contribution in [0, 0.1) is 0 Å². The monoisotopic (exact) mass is 594 g/mol. The summed E-state index contributed by atoms with van der Waals surface area (Å²) in [5.41, 5.74) is -3.84. The number of aliphatic hydroxyl groups is 2. The number of nitrogens with zero attached hydrogens (tertiary/aromatic N) is 2. The van der Waals surface area contributed by atoms with Crippen LogP contribution in [0.1, 0.15) is 27.7 Å². The van der Waals surface area contributed by atoms with Crippen LogP contribution in [0.3, 0.4) is 0 Å². The van der Waals surface area contributed by atoms with E-state index in [0.29, 0.717) is 0 Å². The highest BCUT2D eigenvalue weighted by molar-refractivity contribution is 6.28. The number of ether oxygens (including phenoxy) is 3. The summed E-state index contributed by atoms with van der Waals surface area (Å²) in [6.45, 7) is 5.20. The number of esters is 1. The van der Waals surface area contributed by atoms with Gasteiger partial charge in [-0.2, -0.15) is 0 Å². The summed E-state index contributed by atoms with van der Waals surface area (Å²) >= 11 is 0. The van der Waals surface area contributed by atoms with Crippen molar-refractivity contribution < 1.29 is 53.2 Å². The third-order valence-electron chi connectivity index (χ3n) is 8.75. The second-order valence-corrected chi connectivity index (χ2v) is 10.8. The molecule has 4 atom stereocenters. The normalized spacial score (nSPS) is 29.6. The van der Waals surface area contributed by atoms with Crippen LogP contribution in [0.25, 0.3) is 0 Å². The Morgan fingerprint density at radius 3 is 2.07 bits per heavy atom. The molecule has 0 aromatic heterocycles. The van der Waals surface area contributed by atoms with E-state index in [1.54, 1.807) is 6.92 Å². The molecule has 43 heavy (non-hydrogen) atoms. The standard InChI is InChI=1S/C30H30N2O11/c1-8-11(2)28(38)43-10-16-17-14(21(33)12(3)25(41-6)23(17)35)9-15-20-18-19(22(34)13(4)26(42-7)24(18)36)27(37)30(40,31(20)5)29(39)32(15)16/h8-9,16,20,27,37,40H,10H2,1-7H3/b11-8-/t16-,20?,27-,30-/m0/s1. The maximum absolute atomic E-state index is 14.3. The Kier molecular flexibility index (Phi) is 7.03. The number of likely N-dealkylation sites (N-methyl/N-ethyl adjacent to an activating group) is 1. The van der Waals surface area contributed by atoms with E-state index in [9.17, 15) is 39.0 Å². The number of hydrogen-bond donors (Lipinski definition) is 2. The van der Waals surface area contributed by atoms with E-state index in [2.05, 4.69) is 0 Å². The highest BCUT2D eigenvalue weighted by atomic mass is 16.5. The molecule has 0 spiro atoms. The van der Waals surface area contributed by atoms with Crippen molar-refractivity contribution in [2.75, 3.05) is 27.9 Å². The number of aliphatic hydroxyl groups excluding tert-OH is 1. The predicted octanol–water partition coefficient (Wildman–Crippen LogP) is -0.295. The van der Waals surface area contributed by atoms with Crippen molar-refractivity contribution in [3.8, 4) is 0 Å². The molecule has 13 nitrogen and oxygen atoms in total. The van der Waals surface area contributed by atoms with E-state index in [0.717, 1.165) is 9.80 Å². The Labute approximate surface area is 246 Å². The molecule has 2 bridgehead atoms. The van der Waals surface area contributed by atoms with Crippen LogP contribution in [0.15, 0.2) is 68.4 Å². The van der Waals surface area contributed by atoms with Crippen molar-refractivity contribution in [3.05, 3.63) is 68.4 Å². The van der Waals surface area contributed by atoms with Gasteiger partial charge in [0.15, 0.2) is 23.1 Å². The number of methoxy groups -OCH3 is 2. The zero-order valence-corrected chi connectivity index (χ0v) is 24.6. The van der Waals surface area contributed by atoms with Crippen molar-refractivity contribution in [1.82, 2.24) is 9.80 Å². The van der Waals surface area contributed by atoms with Crippen LogP contribution in [-0.4, -0.2) is 107 Å². The Morgan fingerprint density at radius 1 is 0.953 bits per heavy atom. The average molecular weight is 595 g/mol. The first-order valence-electron chi connectivity index (χ1n) is 13.4. The molecule has 1 amide bonds. The third kappa shape index (κ3) is 3.74. The Morgan fingerprint density at radius 2 is 1.51 bits per heavy atom. The van der Waals surface area contributed by atoms with E-state index < -0.39 is 71.1 Å². The summed E-state index contributed by atoms with van der Waals surface area (Å²) in [5, 5.41) is 23.3.